The first-order chi connectivity index (χ1) is 7.06. The summed E-state index contributed by atoms with van der Waals surface area (Å²) < 4.78 is 0. The van der Waals surface area contributed by atoms with Gasteiger partial charge in [-0.25, -0.2) is 18.6 Å². The number of rotatable bonds is 6. The van der Waals surface area contributed by atoms with Crippen molar-refractivity contribution in [2.45, 2.75) is 53.4 Å². The van der Waals surface area contributed by atoms with E-state index in [1.807, 2.05) is 6.08 Å². The molecule has 0 fully saturated rings. The Morgan fingerprint density at radius 1 is 0.882 bits per heavy atom. The van der Waals surface area contributed by atoms with Crippen molar-refractivity contribution in [1.82, 2.24) is 0 Å². The van der Waals surface area contributed by atoms with Crippen molar-refractivity contribution in [3.8, 4) is 0 Å². The first-order valence-corrected chi connectivity index (χ1v) is 5.80. The standard InChI is InChI=1S/C15H25.BrH.Mg/c1-6-14(4)10-8-12-15(5)11-7-9-13(2)3;;/h6,9,12H,1,7-8,10-11H2,2-5H3;1H;/q-1;;+2/p-1. The van der Waals surface area contributed by atoms with E-state index < -0.39 is 0 Å². The Morgan fingerprint density at radius 3 is 1.82 bits per heavy atom. The molecular weight excluding hydrogens is 284 g/mol. The van der Waals surface area contributed by atoms with Crippen LogP contribution in [0.15, 0.2) is 34.9 Å². The summed E-state index contributed by atoms with van der Waals surface area (Å²) >= 11 is 0. The Bertz CT molecular complexity index is 258. The predicted molar refractivity (Wildman–Crippen MR) is 76.5 cm³/mol. The van der Waals surface area contributed by atoms with E-state index in [0.29, 0.717) is 0 Å². The van der Waals surface area contributed by atoms with Gasteiger partial charge in [-0.1, -0.05) is 29.7 Å². The third kappa shape index (κ3) is 16.3. The van der Waals surface area contributed by atoms with E-state index in [4.69, 9.17) is 0 Å². The van der Waals surface area contributed by atoms with E-state index in [0.717, 1.165) is 12.8 Å². The Balaban J connectivity index is -0.000000980. The third-order valence-corrected chi connectivity index (χ3v) is 2.47. The molecule has 94 valence electrons. The summed E-state index contributed by atoms with van der Waals surface area (Å²) in [6, 6.07) is 0. The molecule has 0 rings (SSSR count). The van der Waals surface area contributed by atoms with Crippen molar-refractivity contribution >= 4 is 23.1 Å². The van der Waals surface area contributed by atoms with Crippen molar-refractivity contribution in [2.75, 3.05) is 0 Å². The molecule has 0 heterocycles. The van der Waals surface area contributed by atoms with Gasteiger partial charge in [0, 0.05) is 0 Å². The van der Waals surface area contributed by atoms with Gasteiger partial charge in [0.25, 0.3) is 0 Å². The van der Waals surface area contributed by atoms with Gasteiger partial charge in [0.2, 0.25) is 0 Å². The molecule has 0 atom stereocenters. The maximum atomic E-state index is 3.76. The van der Waals surface area contributed by atoms with Crippen molar-refractivity contribution < 1.29 is 17.0 Å². The van der Waals surface area contributed by atoms with Gasteiger partial charge in [0.05, 0.1) is 0 Å². The van der Waals surface area contributed by atoms with Crippen LogP contribution in [0.25, 0.3) is 0 Å². The third-order valence-electron chi connectivity index (χ3n) is 2.47. The summed E-state index contributed by atoms with van der Waals surface area (Å²) in [4.78, 5) is 0. The normalized spacial score (nSPS) is 11.3. The van der Waals surface area contributed by atoms with E-state index in [1.54, 1.807) is 0 Å². The SMILES string of the molecule is [Br-].[CH2-]C=C(C)CCC=C(C)CCC=C(C)C.[Mg+2]. The van der Waals surface area contributed by atoms with Gasteiger partial charge in [0.1, 0.15) is 0 Å². The average Bonchev–Trinajstić information content (AvgIpc) is 2.17. The summed E-state index contributed by atoms with van der Waals surface area (Å²) in [7, 11) is 0. The molecule has 0 aliphatic heterocycles. The average molecular weight is 310 g/mol. The van der Waals surface area contributed by atoms with Gasteiger partial charge in [-0.2, -0.15) is 0 Å². The molecule has 0 radical (unpaired) electrons. The molecule has 0 unspecified atom stereocenters. The van der Waals surface area contributed by atoms with Crippen LogP contribution in [0, 0.1) is 6.92 Å². The van der Waals surface area contributed by atoms with Gasteiger partial charge in [-0.15, -0.1) is 6.92 Å². The molecule has 17 heavy (non-hydrogen) atoms. The minimum absolute atomic E-state index is 0. The second-order valence-electron chi connectivity index (χ2n) is 4.46. The van der Waals surface area contributed by atoms with Crippen LogP contribution in [0.2, 0.25) is 0 Å². The van der Waals surface area contributed by atoms with E-state index in [2.05, 4.69) is 46.8 Å². The Kier molecular flexibility index (Phi) is 19.1. The van der Waals surface area contributed by atoms with Crippen LogP contribution in [0.4, 0.5) is 0 Å². The molecule has 0 aromatic heterocycles. The van der Waals surface area contributed by atoms with E-state index >= 15 is 0 Å². The monoisotopic (exact) mass is 308 g/mol. The van der Waals surface area contributed by atoms with Crippen molar-refractivity contribution in [2.24, 2.45) is 0 Å². The molecule has 0 aliphatic carbocycles. The van der Waals surface area contributed by atoms with E-state index in [9.17, 15) is 0 Å². The Hall–Kier alpha value is 0.336. The Morgan fingerprint density at radius 2 is 1.35 bits per heavy atom. The van der Waals surface area contributed by atoms with E-state index in [-0.39, 0.29) is 40.0 Å². The first kappa shape index (κ1) is 22.5. The Labute approximate surface area is 135 Å². The van der Waals surface area contributed by atoms with Crippen molar-refractivity contribution in [1.29, 1.82) is 0 Å². The van der Waals surface area contributed by atoms with E-state index in [1.165, 1.54) is 29.6 Å². The molecule has 0 saturated carbocycles. The number of hydrogen-bond acceptors (Lipinski definition) is 0. The molecule has 0 aliphatic rings. The fourth-order valence-electron chi connectivity index (χ4n) is 1.34. The molecule has 0 amide bonds. The van der Waals surface area contributed by atoms with Gasteiger partial charge in [-0.05, 0) is 40.0 Å². The maximum Gasteiger partial charge on any atom is 2.00 e. The maximum absolute atomic E-state index is 3.76. The molecule has 0 aromatic rings. The summed E-state index contributed by atoms with van der Waals surface area (Å²) in [5.74, 6) is 0. The molecule has 0 bridgehead atoms. The van der Waals surface area contributed by atoms with Crippen LogP contribution in [-0.2, 0) is 0 Å². The molecule has 0 aromatic carbocycles. The van der Waals surface area contributed by atoms with Crippen molar-refractivity contribution in [3.63, 3.8) is 0 Å². The zero-order chi connectivity index (χ0) is 11.7. The summed E-state index contributed by atoms with van der Waals surface area (Å²) in [5, 5.41) is 0. The first-order valence-electron chi connectivity index (χ1n) is 5.80. The van der Waals surface area contributed by atoms with Crippen LogP contribution in [0.3, 0.4) is 0 Å². The quantitative estimate of drug-likeness (QED) is 0.399. The fraction of sp³-hybridized carbons (Fsp3) is 0.533. The molecular formula is C15H25BrMg. The smallest absolute Gasteiger partial charge is 1.00 e. The van der Waals surface area contributed by atoms with Crippen molar-refractivity contribution in [3.05, 3.63) is 41.9 Å². The van der Waals surface area contributed by atoms with Crippen LogP contribution in [-0.4, -0.2) is 23.1 Å². The molecule has 0 saturated heterocycles. The summed E-state index contributed by atoms with van der Waals surface area (Å²) in [6.45, 7) is 12.4. The minimum atomic E-state index is 0. The molecule has 2 heteroatoms. The zero-order valence-electron chi connectivity index (χ0n) is 11.9. The second kappa shape index (κ2) is 14.4. The van der Waals surface area contributed by atoms with Crippen LogP contribution < -0.4 is 17.0 Å². The largest absolute Gasteiger partial charge is 2.00 e. The number of allylic oxidation sites excluding steroid dienone is 6. The summed E-state index contributed by atoms with van der Waals surface area (Å²) in [6.07, 6.45) is 11.3. The zero-order valence-corrected chi connectivity index (χ0v) is 14.9. The molecule has 0 N–H and O–H groups in total. The fourth-order valence-corrected chi connectivity index (χ4v) is 1.34. The van der Waals surface area contributed by atoms with Crippen LogP contribution in [0.1, 0.15) is 53.4 Å². The van der Waals surface area contributed by atoms with Gasteiger partial charge in [-0.3, -0.25) is 0 Å². The van der Waals surface area contributed by atoms with Crippen LogP contribution in [0.5, 0.6) is 0 Å². The summed E-state index contributed by atoms with van der Waals surface area (Å²) in [5.41, 5.74) is 4.30. The van der Waals surface area contributed by atoms with Crippen LogP contribution >= 0.6 is 0 Å². The second-order valence-corrected chi connectivity index (χ2v) is 4.46. The molecule has 0 nitrogen and oxygen atoms in total. The number of halogens is 1. The van der Waals surface area contributed by atoms with Gasteiger partial charge in [0.15, 0.2) is 0 Å². The minimum Gasteiger partial charge on any atom is -1.00 e. The van der Waals surface area contributed by atoms with Gasteiger partial charge >= 0.3 is 23.1 Å². The molecule has 0 spiro atoms. The van der Waals surface area contributed by atoms with Gasteiger partial charge < -0.3 is 17.0 Å². The predicted octanol–water partition coefficient (Wildman–Crippen LogP) is 1.86. The topological polar surface area (TPSA) is 0 Å². The number of hydrogen-bond donors (Lipinski definition) is 0.